The number of rotatable bonds is 3. The zero-order chi connectivity index (χ0) is 14.3. The summed E-state index contributed by atoms with van der Waals surface area (Å²) in [5.74, 6) is 1.15. The zero-order valence-corrected chi connectivity index (χ0v) is 12.1. The number of anilines is 1. The molecule has 0 saturated carbocycles. The summed E-state index contributed by atoms with van der Waals surface area (Å²) < 4.78 is 1.66. The summed E-state index contributed by atoms with van der Waals surface area (Å²) in [6.07, 6.45) is 1.79. The van der Waals surface area contributed by atoms with E-state index >= 15 is 0 Å². The summed E-state index contributed by atoms with van der Waals surface area (Å²) in [5.41, 5.74) is 13.4. The molecule has 0 aromatic carbocycles. The van der Waals surface area contributed by atoms with Gasteiger partial charge in [0.2, 0.25) is 0 Å². The Kier molecular flexibility index (Phi) is 3.11. The number of nitrogen functional groups attached to an aromatic ring is 1. The van der Waals surface area contributed by atoms with Crippen LogP contribution in [-0.2, 0) is 13.1 Å². The highest BCUT2D eigenvalue weighted by molar-refractivity contribution is 7.18. The molecule has 104 valence electrons. The average Bonchev–Trinajstić information content (AvgIpc) is 2.95. The van der Waals surface area contributed by atoms with Crippen molar-refractivity contribution >= 4 is 27.4 Å². The molecule has 7 nitrogen and oxygen atoms in total. The van der Waals surface area contributed by atoms with Crippen molar-refractivity contribution in [3.05, 3.63) is 28.2 Å². The molecular weight excluding hydrogens is 274 g/mol. The highest BCUT2D eigenvalue weighted by atomic mass is 32.1. The van der Waals surface area contributed by atoms with Crippen LogP contribution in [0.1, 0.15) is 22.0 Å². The standard InChI is InChI=1S/C12H15N7S/c1-6-7(2)20-12-10(6)11(14)15-9(16-12)5-19-4-8(3-13)17-18-19/h4H,3,5,13H2,1-2H3,(H2,14,15,16). The van der Waals surface area contributed by atoms with Crippen molar-refractivity contribution in [2.75, 3.05) is 5.73 Å². The first-order valence-corrected chi connectivity index (χ1v) is 7.01. The molecule has 0 aliphatic carbocycles. The van der Waals surface area contributed by atoms with E-state index in [0.29, 0.717) is 24.7 Å². The van der Waals surface area contributed by atoms with Gasteiger partial charge in [-0.1, -0.05) is 5.21 Å². The third-order valence-corrected chi connectivity index (χ3v) is 4.30. The van der Waals surface area contributed by atoms with E-state index < -0.39 is 0 Å². The number of hydrogen-bond acceptors (Lipinski definition) is 7. The van der Waals surface area contributed by atoms with Crippen molar-refractivity contribution < 1.29 is 0 Å². The van der Waals surface area contributed by atoms with Crippen molar-refractivity contribution in [3.8, 4) is 0 Å². The molecule has 20 heavy (non-hydrogen) atoms. The first-order chi connectivity index (χ1) is 9.58. The van der Waals surface area contributed by atoms with E-state index in [1.807, 2.05) is 6.92 Å². The molecule has 3 heterocycles. The first kappa shape index (κ1) is 12.9. The molecule has 0 fully saturated rings. The minimum Gasteiger partial charge on any atom is -0.383 e. The normalized spacial score (nSPS) is 11.3. The van der Waals surface area contributed by atoms with Gasteiger partial charge in [0.15, 0.2) is 5.82 Å². The van der Waals surface area contributed by atoms with Crippen molar-refractivity contribution in [2.24, 2.45) is 5.73 Å². The van der Waals surface area contributed by atoms with E-state index in [1.165, 1.54) is 4.88 Å². The number of aryl methyl sites for hydroxylation is 2. The Labute approximate surface area is 119 Å². The number of thiophene rings is 1. The third kappa shape index (κ3) is 2.12. The average molecular weight is 289 g/mol. The highest BCUT2D eigenvalue weighted by Gasteiger charge is 2.13. The molecule has 4 N–H and O–H groups in total. The van der Waals surface area contributed by atoms with Crippen LogP contribution in [0.25, 0.3) is 10.2 Å². The van der Waals surface area contributed by atoms with Crippen molar-refractivity contribution in [1.82, 2.24) is 25.0 Å². The van der Waals surface area contributed by atoms with Gasteiger partial charge < -0.3 is 11.5 Å². The van der Waals surface area contributed by atoms with Crippen molar-refractivity contribution in [3.63, 3.8) is 0 Å². The van der Waals surface area contributed by atoms with Gasteiger partial charge in [-0.3, -0.25) is 0 Å². The summed E-state index contributed by atoms with van der Waals surface area (Å²) >= 11 is 1.63. The Morgan fingerprint density at radius 1 is 1.30 bits per heavy atom. The van der Waals surface area contributed by atoms with Gasteiger partial charge >= 0.3 is 0 Å². The monoisotopic (exact) mass is 289 g/mol. The Morgan fingerprint density at radius 2 is 2.10 bits per heavy atom. The summed E-state index contributed by atoms with van der Waals surface area (Å²) in [6, 6.07) is 0. The van der Waals surface area contributed by atoms with Gasteiger partial charge in [-0.25, -0.2) is 14.6 Å². The Bertz CT molecular complexity index is 774. The fraction of sp³-hybridized carbons (Fsp3) is 0.333. The van der Waals surface area contributed by atoms with E-state index in [2.05, 4.69) is 27.2 Å². The van der Waals surface area contributed by atoms with Crippen LogP contribution in [0.2, 0.25) is 0 Å². The molecule has 3 aromatic rings. The molecular formula is C12H15N7S. The summed E-state index contributed by atoms with van der Waals surface area (Å²) in [6.45, 7) is 4.90. The molecule has 3 rings (SSSR count). The number of hydrogen-bond donors (Lipinski definition) is 2. The maximum absolute atomic E-state index is 6.05. The van der Waals surface area contributed by atoms with E-state index in [-0.39, 0.29) is 0 Å². The predicted octanol–water partition coefficient (Wildman–Crippen LogP) is 0.989. The smallest absolute Gasteiger partial charge is 0.153 e. The fourth-order valence-corrected chi connectivity index (χ4v) is 3.11. The second-order valence-corrected chi connectivity index (χ2v) is 5.80. The fourth-order valence-electron chi connectivity index (χ4n) is 2.05. The maximum Gasteiger partial charge on any atom is 0.153 e. The zero-order valence-electron chi connectivity index (χ0n) is 11.3. The number of aromatic nitrogens is 5. The number of fused-ring (bicyclic) bond motifs is 1. The van der Waals surface area contributed by atoms with Gasteiger partial charge in [0, 0.05) is 11.4 Å². The summed E-state index contributed by atoms with van der Waals surface area (Å²) in [7, 11) is 0. The van der Waals surface area contributed by atoms with Crippen LogP contribution in [0.15, 0.2) is 6.20 Å². The molecule has 0 unspecified atom stereocenters. The van der Waals surface area contributed by atoms with Gasteiger partial charge in [0.25, 0.3) is 0 Å². The van der Waals surface area contributed by atoms with Crippen LogP contribution < -0.4 is 11.5 Å². The van der Waals surface area contributed by atoms with Crippen LogP contribution in [0.4, 0.5) is 5.82 Å². The Morgan fingerprint density at radius 3 is 2.80 bits per heavy atom. The molecule has 0 atom stereocenters. The van der Waals surface area contributed by atoms with E-state index in [9.17, 15) is 0 Å². The van der Waals surface area contributed by atoms with E-state index in [1.54, 1.807) is 22.2 Å². The number of nitrogens with two attached hydrogens (primary N) is 2. The van der Waals surface area contributed by atoms with Crippen LogP contribution in [0, 0.1) is 13.8 Å². The lowest BCUT2D eigenvalue weighted by molar-refractivity contribution is 0.627. The van der Waals surface area contributed by atoms with Crippen LogP contribution >= 0.6 is 11.3 Å². The molecule has 0 saturated heterocycles. The molecule has 8 heteroatoms. The second-order valence-electron chi connectivity index (χ2n) is 4.60. The van der Waals surface area contributed by atoms with Gasteiger partial charge in [-0.05, 0) is 19.4 Å². The number of nitrogens with zero attached hydrogens (tertiary/aromatic N) is 5. The second kappa shape index (κ2) is 4.80. The van der Waals surface area contributed by atoms with Crippen LogP contribution in [0.3, 0.4) is 0 Å². The molecule has 0 spiro atoms. The minimum atomic E-state index is 0.366. The Balaban J connectivity index is 2.00. The molecule has 0 amide bonds. The highest BCUT2D eigenvalue weighted by Crippen LogP contribution is 2.31. The van der Waals surface area contributed by atoms with Crippen molar-refractivity contribution in [1.29, 1.82) is 0 Å². The van der Waals surface area contributed by atoms with E-state index in [0.717, 1.165) is 21.5 Å². The largest absolute Gasteiger partial charge is 0.383 e. The SMILES string of the molecule is Cc1sc2nc(Cn3cc(CN)nn3)nc(N)c2c1C. The Hall–Kier alpha value is -2.06. The molecule has 0 aliphatic rings. The predicted molar refractivity (Wildman–Crippen MR) is 78.3 cm³/mol. The molecule has 0 aliphatic heterocycles. The van der Waals surface area contributed by atoms with Crippen molar-refractivity contribution in [2.45, 2.75) is 26.9 Å². The minimum absolute atomic E-state index is 0.366. The molecule has 0 radical (unpaired) electrons. The van der Waals surface area contributed by atoms with Gasteiger partial charge in [-0.15, -0.1) is 16.4 Å². The summed E-state index contributed by atoms with van der Waals surface area (Å²) in [4.78, 5) is 11.0. The van der Waals surface area contributed by atoms with E-state index in [4.69, 9.17) is 11.5 Å². The van der Waals surface area contributed by atoms with Crippen LogP contribution in [-0.4, -0.2) is 25.0 Å². The lowest BCUT2D eigenvalue weighted by atomic mass is 10.2. The quantitative estimate of drug-likeness (QED) is 0.744. The topological polar surface area (TPSA) is 109 Å². The molecule has 0 bridgehead atoms. The maximum atomic E-state index is 6.05. The van der Waals surface area contributed by atoms with Gasteiger partial charge in [0.1, 0.15) is 17.2 Å². The van der Waals surface area contributed by atoms with Gasteiger partial charge in [-0.2, -0.15) is 0 Å². The lowest BCUT2D eigenvalue weighted by Crippen LogP contribution is -2.07. The first-order valence-electron chi connectivity index (χ1n) is 6.19. The van der Waals surface area contributed by atoms with Gasteiger partial charge in [0.05, 0.1) is 17.3 Å². The lowest BCUT2D eigenvalue weighted by Gasteiger charge is -2.03. The summed E-state index contributed by atoms with van der Waals surface area (Å²) in [5, 5.41) is 8.88. The molecule has 3 aromatic heterocycles. The third-order valence-electron chi connectivity index (χ3n) is 3.20. The van der Waals surface area contributed by atoms with Crippen LogP contribution in [0.5, 0.6) is 0 Å².